The van der Waals surface area contributed by atoms with Gasteiger partial charge in [-0.25, -0.2) is 9.59 Å². The van der Waals surface area contributed by atoms with Crippen LogP contribution in [0.1, 0.15) is 57.3 Å². The van der Waals surface area contributed by atoms with E-state index in [2.05, 4.69) is 25.9 Å². The van der Waals surface area contributed by atoms with E-state index in [0.29, 0.717) is 29.2 Å². The first-order chi connectivity index (χ1) is 13.3. The van der Waals surface area contributed by atoms with Gasteiger partial charge in [0.25, 0.3) is 0 Å². The molecule has 2 fully saturated rings. The van der Waals surface area contributed by atoms with Gasteiger partial charge < -0.3 is 14.0 Å². The Labute approximate surface area is 163 Å². The molecule has 0 amide bonds. The fourth-order valence-electron chi connectivity index (χ4n) is 4.70. The Kier molecular flexibility index (Phi) is 4.32. The van der Waals surface area contributed by atoms with Crippen molar-refractivity contribution >= 4 is 22.7 Å². The molecule has 2 saturated carbocycles. The first kappa shape index (κ1) is 18.7. The largest absolute Gasteiger partial charge is 0.494 e. The van der Waals surface area contributed by atoms with Gasteiger partial charge in [-0.2, -0.15) is 0 Å². The van der Waals surface area contributed by atoms with Gasteiger partial charge >= 0.3 is 11.6 Å². The molecule has 0 saturated heterocycles. The normalized spacial score (nSPS) is 26.7. The minimum atomic E-state index is -0.791. The molecule has 0 radical (unpaired) electrons. The molecule has 0 spiro atoms. The number of rotatable bonds is 4. The van der Waals surface area contributed by atoms with Gasteiger partial charge in [0.15, 0.2) is 0 Å². The number of benzene rings is 1. The SMILES string of the molecule is CCOc1ccc2cc(C(=O)O/N=C3\CC4CCC3(C)C4(C)C)c(=O)oc2c1. The number of fused-ring (bicyclic) bond motifs is 3. The number of oxime groups is 1. The van der Waals surface area contributed by atoms with E-state index in [9.17, 15) is 9.59 Å². The molecule has 1 aromatic carbocycles. The number of hydrogen-bond donors (Lipinski definition) is 0. The van der Waals surface area contributed by atoms with E-state index >= 15 is 0 Å². The van der Waals surface area contributed by atoms with Crippen LogP contribution in [-0.2, 0) is 4.84 Å². The van der Waals surface area contributed by atoms with E-state index in [0.717, 1.165) is 18.6 Å². The van der Waals surface area contributed by atoms with Crippen molar-refractivity contribution in [3.05, 3.63) is 40.2 Å². The second-order valence-corrected chi connectivity index (χ2v) is 8.49. The standard InChI is InChI=1S/C22H25NO5/c1-5-26-15-7-6-13-10-16(19(24)27-17(13)12-15)20(25)28-23-18-11-14-8-9-22(18,4)21(14,2)3/h6-7,10,12,14H,5,8-9,11H2,1-4H3/b23-18+. The van der Waals surface area contributed by atoms with Crippen molar-refractivity contribution in [1.82, 2.24) is 0 Å². The summed E-state index contributed by atoms with van der Waals surface area (Å²) in [6.45, 7) is 9.08. The molecule has 28 heavy (non-hydrogen) atoms. The molecular weight excluding hydrogens is 358 g/mol. The lowest BCUT2D eigenvalue weighted by Crippen LogP contribution is -2.32. The van der Waals surface area contributed by atoms with Crippen molar-refractivity contribution in [2.45, 2.75) is 47.0 Å². The van der Waals surface area contributed by atoms with Crippen LogP contribution >= 0.6 is 0 Å². The summed E-state index contributed by atoms with van der Waals surface area (Å²) in [5.41, 5.74) is 0.439. The summed E-state index contributed by atoms with van der Waals surface area (Å²) >= 11 is 0. The third-order valence-electron chi connectivity index (χ3n) is 6.99. The quantitative estimate of drug-likeness (QED) is 0.440. The highest BCUT2D eigenvalue weighted by Gasteiger charge is 2.60. The zero-order valence-corrected chi connectivity index (χ0v) is 16.7. The molecular formula is C22H25NO5. The molecule has 1 aromatic heterocycles. The fourth-order valence-corrected chi connectivity index (χ4v) is 4.70. The van der Waals surface area contributed by atoms with Gasteiger partial charge in [0.1, 0.15) is 16.9 Å². The Balaban J connectivity index is 1.59. The smallest absolute Gasteiger partial charge is 0.373 e. The molecule has 2 bridgehead atoms. The van der Waals surface area contributed by atoms with Gasteiger partial charge in [-0.05, 0) is 55.7 Å². The van der Waals surface area contributed by atoms with E-state index in [1.165, 1.54) is 12.5 Å². The summed E-state index contributed by atoms with van der Waals surface area (Å²) in [5.74, 6) is 0.369. The third kappa shape index (κ3) is 2.74. The zero-order valence-electron chi connectivity index (χ0n) is 16.7. The number of carbonyl (C=O) groups is 1. The van der Waals surface area contributed by atoms with Crippen molar-refractivity contribution in [3.63, 3.8) is 0 Å². The first-order valence-electron chi connectivity index (χ1n) is 9.75. The number of hydrogen-bond acceptors (Lipinski definition) is 6. The van der Waals surface area contributed by atoms with Crippen LogP contribution in [0.25, 0.3) is 11.0 Å². The molecule has 2 aromatic rings. The average molecular weight is 383 g/mol. The molecule has 148 valence electrons. The Morgan fingerprint density at radius 2 is 2.07 bits per heavy atom. The van der Waals surface area contributed by atoms with E-state index < -0.39 is 11.6 Å². The van der Waals surface area contributed by atoms with Crippen molar-refractivity contribution in [2.75, 3.05) is 6.61 Å². The summed E-state index contributed by atoms with van der Waals surface area (Å²) in [4.78, 5) is 29.9. The van der Waals surface area contributed by atoms with Gasteiger partial charge in [0, 0.05) is 16.9 Å². The van der Waals surface area contributed by atoms with E-state index in [1.54, 1.807) is 18.2 Å². The Morgan fingerprint density at radius 3 is 2.71 bits per heavy atom. The van der Waals surface area contributed by atoms with Gasteiger partial charge in [0.2, 0.25) is 0 Å². The Morgan fingerprint density at radius 1 is 1.29 bits per heavy atom. The number of carbonyl (C=O) groups excluding carboxylic acids is 1. The highest BCUT2D eigenvalue weighted by molar-refractivity contribution is 5.96. The summed E-state index contributed by atoms with van der Waals surface area (Å²) in [6.07, 6.45) is 3.05. The maximum Gasteiger partial charge on any atom is 0.373 e. The van der Waals surface area contributed by atoms with E-state index in [4.69, 9.17) is 14.0 Å². The Bertz CT molecular complexity index is 1030. The predicted molar refractivity (Wildman–Crippen MR) is 106 cm³/mol. The molecule has 2 atom stereocenters. The first-order valence-corrected chi connectivity index (χ1v) is 9.75. The summed E-state index contributed by atoms with van der Waals surface area (Å²) in [7, 11) is 0. The lowest BCUT2D eigenvalue weighted by molar-refractivity contribution is 0.0504. The van der Waals surface area contributed by atoms with Crippen molar-refractivity contribution in [1.29, 1.82) is 0 Å². The molecule has 2 aliphatic carbocycles. The summed E-state index contributed by atoms with van der Waals surface area (Å²) < 4.78 is 10.7. The molecule has 6 nitrogen and oxygen atoms in total. The van der Waals surface area contributed by atoms with Crippen molar-refractivity contribution in [3.8, 4) is 5.75 Å². The molecule has 2 aliphatic rings. The van der Waals surface area contributed by atoms with Crippen LogP contribution in [0.5, 0.6) is 5.75 Å². The van der Waals surface area contributed by atoms with Gasteiger partial charge in [-0.15, -0.1) is 0 Å². The third-order valence-corrected chi connectivity index (χ3v) is 6.99. The van der Waals surface area contributed by atoms with E-state index in [1.807, 2.05) is 6.92 Å². The lowest BCUT2D eigenvalue weighted by Gasteiger charge is -2.34. The monoisotopic (exact) mass is 383 g/mol. The van der Waals surface area contributed by atoms with Crippen LogP contribution in [0.2, 0.25) is 0 Å². The van der Waals surface area contributed by atoms with Crippen LogP contribution in [0.4, 0.5) is 0 Å². The molecule has 2 unspecified atom stereocenters. The molecule has 1 heterocycles. The molecule has 4 rings (SSSR count). The highest BCUT2D eigenvalue weighted by Crippen LogP contribution is 2.64. The van der Waals surface area contributed by atoms with Crippen LogP contribution in [-0.4, -0.2) is 18.3 Å². The second kappa shape index (κ2) is 6.47. The maximum absolute atomic E-state index is 12.5. The number of ether oxygens (including phenoxy) is 1. The van der Waals surface area contributed by atoms with Crippen LogP contribution in [0, 0.1) is 16.7 Å². The van der Waals surface area contributed by atoms with Gasteiger partial charge in [-0.1, -0.05) is 25.9 Å². The topological polar surface area (TPSA) is 78.1 Å². The van der Waals surface area contributed by atoms with Crippen molar-refractivity contribution < 1.29 is 18.8 Å². The minimum Gasteiger partial charge on any atom is -0.494 e. The fraction of sp³-hybridized carbons (Fsp3) is 0.500. The highest BCUT2D eigenvalue weighted by atomic mass is 16.7. The van der Waals surface area contributed by atoms with Gasteiger partial charge in [0.05, 0.1) is 12.3 Å². The zero-order chi connectivity index (χ0) is 20.1. The molecule has 0 N–H and O–H groups in total. The van der Waals surface area contributed by atoms with Crippen LogP contribution < -0.4 is 10.4 Å². The van der Waals surface area contributed by atoms with Crippen LogP contribution in [0.15, 0.2) is 38.6 Å². The molecule has 6 heteroatoms. The Hall–Kier alpha value is -2.63. The van der Waals surface area contributed by atoms with Gasteiger partial charge in [-0.3, -0.25) is 0 Å². The maximum atomic E-state index is 12.5. The minimum absolute atomic E-state index is 0.0678. The van der Waals surface area contributed by atoms with E-state index in [-0.39, 0.29) is 16.4 Å². The summed E-state index contributed by atoms with van der Waals surface area (Å²) in [5, 5.41) is 4.80. The second-order valence-electron chi connectivity index (χ2n) is 8.49. The lowest BCUT2D eigenvalue weighted by atomic mass is 9.70. The molecule has 0 aliphatic heterocycles. The number of nitrogens with zero attached hydrogens (tertiary/aromatic N) is 1. The van der Waals surface area contributed by atoms with Crippen molar-refractivity contribution in [2.24, 2.45) is 21.9 Å². The average Bonchev–Trinajstić information content (AvgIpc) is 2.99. The van der Waals surface area contributed by atoms with Crippen LogP contribution in [0.3, 0.4) is 0 Å². The predicted octanol–water partition coefficient (Wildman–Crippen LogP) is 4.55. The summed E-state index contributed by atoms with van der Waals surface area (Å²) in [6, 6.07) is 6.62.